The van der Waals surface area contributed by atoms with Crippen molar-refractivity contribution in [3.63, 3.8) is 0 Å². The van der Waals surface area contributed by atoms with Crippen molar-refractivity contribution in [1.29, 1.82) is 0 Å². The van der Waals surface area contributed by atoms with Crippen molar-refractivity contribution in [3.8, 4) is 11.4 Å². The first-order valence-electron chi connectivity index (χ1n) is 9.79. The van der Waals surface area contributed by atoms with Crippen molar-refractivity contribution < 1.29 is 4.79 Å². The van der Waals surface area contributed by atoms with E-state index in [1.165, 1.54) is 5.57 Å². The molecule has 0 N–H and O–H groups in total. The highest BCUT2D eigenvalue weighted by Crippen LogP contribution is 2.34. The number of aromatic nitrogens is 4. The van der Waals surface area contributed by atoms with Crippen LogP contribution in [0.5, 0.6) is 0 Å². The van der Waals surface area contributed by atoms with E-state index in [2.05, 4.69) is 43.9 Å². The molecule has 0 radical (unpaired) electrons. The van der Waals surface area contributed by atoms with Crippen LogP contribution < -0.4 is 0 Å². The molecule has 6 heteroatoms. The number of allylic oxidation sites excluding steroid dienone is 2. The van der Waals surface area contributed by atoms with E-state index >= 15 is 0 Å². The quantitative estimate of drug-likeness (QED) is 0.724. The van der Waals surface area contributed by atoms with Crippen molar-refractivity contribution in [2.24, 2.45) is 5.92 Å². The van der Waals surface area contributed by atoms with Gasteiger partial charge in [-0.2, -0.15) is 5.10 Å². The van der Waals surface area contributed by atoms with Gasteiger partial charge in [-0.25, -0.2) is 9.67 Å². The lowest BCUT2D eigenvalue weighted by atomic mass is 9.95. The summed E-state index contributed by atoms with van der Waals surface area (Å²) in [4.78, 5) is 23.9. The van der Waals surface area contributed by atoms with Crippen LogP contribution in [0.1, 0.15) is 58.8 Å². The molecule has 3 rings (SSSR count). The molecule has 0 unspecified atom stereocenters. The number of hydrogen-bond acceptors (Lipinski definition) is 4. The third-order valence-electron chi connectivity index (χ3n) is 5.19. The molecule has 27 heavy (non-hydrogen) atoms. The second-order valence-electron chi connectivity index (χ2n) is 7.50. The summed E-state index contributed by atoms with van der Waals surface area (Å²) in [5.74, 6) is 2.10. The van der Waals surface area contributed by atoms with Crippen LogP contribution >= 0.6 is 0 Å². The minimum absolute atomic E-state index is 0.0270. The van der Waals surface area contributed by atoms with Crippen molar-refractivity contribution in [3.05, 3.63) is 42.0 Å². The highest BCUT2D eigenvalue weighted by Gasteiger charge is 2.36. The first kappa shape index (κ1) is 19.3. The molecule has 1 aliphatic rings. The maximum absolute atomic E-state index is 12.9. The lowest BCUT2D eigenvalue weighted by Gasteiger charge is -2.38. The fourth-order valence-electron chi connectivity index (χ4n) is 3.53. The zero-order valence-corrected chi connectivity index (χ0v) is 16.7. The highest BCUT2D eigenvalue weighted by atomic mass is 16.2. The van der Waals surface area contributed by atoms with Gasteiger partial charge in [-0.15, -0.1) is 0 Å². The van der Waals surface area contributed by atoms with Gasteiger partial charge >= 0.3 is 0 Å². The molecule has 2 atom stereocenters. The van der Waals surface area contributed by atoms with Gasteiger partial charge in [0.15, 0.2) is 11.6 Å². The Morgan fingerprint density at radius 1 is 1.37 bits per heavy atom. The molecule has 0 bridgehead atoms. The Balaban J connectivity index is 1.88. The number of nitrogens with zero attached hydrogens (tertiary/aromatic N) is 5. The Hall–Kier alpha value is -2.50. The van der Waals surface area contributed by atoms with Crippen LogP contribution in [0.25, 0.3) is 11.4 Å². The first-order chi connectivity index (χ1) is 13.0. The fraction of sp³-hybridized carbons (Fsp3) is 0.524. The van der Waals surface area contributed by atoms with Crippen LogP contribution in [0, 0.1) is 5.92 Å². The molecule has 0 saturated heterocycles. The van der Waals surface area contributed by atoms with Crippen molar-refractivity contribution in [2.75, 3.05) is 6.54 Å². The summed E-state index contributed by atoms with van der Waals surface area (Å²) in [5, 5.41) is 4.69. The predicted molar refractivity (Wildman–Crippen MR) is 106 cm³/mol. The number of pyridine rings is 1. The first-order valence-corrected chi connectivity index (χ1v) is 9.79. The highest BCUT2D eigenvalue weighted by molar-refractivity contribution is 5.77. The van der Waals surface area contributed by atoms with Crippen LogP contribution in [0.4, 0.5) is 0 Å². The fourth-order valence-corrected chi connectivity index (χ4v) is 3.53. The average molecular weight is 367 g/mol. The van der Waals surface area contributed by atoms with Gasteiger partial charge in [-0.1, -0.05) is 31.9 Å². The molecule has 3 heterocycles. The van der Waals surface area contributed by atoms with Gasteiger partial charge in [0, 0.05) is 30.9 Å². The molecule has 0 aliphatic carbocycles. The molecule has 0 spiro atoms. The monoisotopic (exact) mass is 367 g/mol. The van der Waals surface area contributed by atoms with Crippen LogP contribution in [0.2, 0.25) is 0 Å². The topological polar surface area (TPSA) is 63.9 Å². The second-order valence-corrected chi connectivity index (χ2v) is 7.50. The van der Waals surface area contributed by atoms with Gasteiger partial charge in [0.1, 0.15) is 0 Å². The molecule has 2 aromatic heterocycles. The number of rotatable bonds is 6. The maximum atomic E-state index is 12.9. The Bertz CT molecular complexity index is 807. The van der Waals surface area contributed by atoms with E-state index in [4.69, 9.17) is 4.98 Å². The largest absolute Gasteiger partial charge is 0.330 e. The van der Waals surface area contributed by atoms with Crippen LogP contribution in [-0.2, 0) is 11.3 Å². The summed E-state index contributed by atoms with van der Waals surface area (Å²) in [7, 11) is 0. The zero-order chi connectivity index (χ0) is 19.4. The Morgan fingerprint density at radius 3 is 2.85 bits per heavy atom. The predicted octanol–water partition coefficient (Wildman–Crippen LogP) is 4.02. The van der Waals surface area contributed by atoms with Gasteiger partial charge in [-0.05, 0) is 38.3 Å². The number of carbonyl (C=O) groups excluding carboxylic acids is 1. The van der Waals surface area contributed by atoms with E-state index in [1.54, 1.807) is 12.4 Å². The number of hydrogen-bond donors (Lipinski definition) is 0. The lowest BCUT2D eigenvalue weighted by Crippen LogP contribution is -2.45. The van der Waals surface area contributed by atoms with Gasteiger partial charge in [0.2, 0.25) is 5.91 Å². The third-order valence-corrected chi connectivity index (χ3v) is 5.19. The van der Waals surface area contributed by atoms with E-state index < -0.39 is 0 Å². The molecule has 144 valence electrons. The van der Waals surface area contributed by atoms with Crippen LogP contribution in [0.3, 0.4) is 0 Å². The van der Waals surface area contributed by atoms with E-state index in [0.717, 1.165) is 24.2 Å². The Morgan fingerprint density at radius 2 is 2.19 bits per heavy atom. The van der Waals surface area contributed by atoms with Crippen LogP contribution in [0.15, 0.2) is 36.2 Å². The summed E-state index contributed by atoms with van der Waals surface area (Å²) >= 11 is 0. The summed E-state index contributed by atoms with van der Waals surface area (Å²) in [6.45, 7) is 9.85. The number of fused-ring (bicyclic) bond motifs is 1. The molecular formula is C21H29N5O. The summed E-state index contributed by atoms with van der Waals surface area (Å²) in [6.07, 6.45) is 7.97. The van der Waals surface area contributed by atoms with Crippen molar-refractivity contribution in [2.45, 2.75) is 59.5 Å². The van der Waals surface area contributed by atoms with E-state index in [-0.39, 0.29) is 11.9 Å². The van der Waals surface area contributed by atoms with E-state index in [0.29, 0.717) is 31.3 Å². The van der Waals surface area contributed by atoms with E-state index in [1.807, 2.05) is 21.7 Å². The van der Waals surface area contributed by atoms with Crippen molar-refractivity contribution >= 4 is 5.91 Å². The van der Waals surface area contributed by atoms with Crippen molar-refractivity contribution in [1.82, 2.24) is 24.6 Å². The molecule has 1 aliphatic heterocycles. The zero-order valence-electron chi connectivity index (χ0n) is 16.7. The molecule has 0 aromatic carbocycles. The van der Waals surface area contributed by atoms with E-state index in [9.17, 15) is 4.79 Å². The summed E-state index contributed by atoms with van der Waals surface area (Å²) < 4.78 is 1.97. The molecule has 2 aromatic rings. The Kier molecular flexibility index (Phi) is 6.04. The van der Waals surface area contributed by atoms with Gasteiger partial charge in [-0.3, -0.25) is 9.78 Å². The SMILES string of the molecule is CC[C@H](C)[C@H]1c2nc(-c3cccnc3)nn2CCN1C(=O)CCC=C(C)C. The number of carbonyl (C=O) groups is 1. The minimum Gasteiger partial charge on any atom is -0.330 e. The molecule has 0 saturated carbocycles. The van der Waals surface area contributed by atoms with Gasteiger partial charge in [0.05, 0.1) is 12.6 Å². The average Bonchev–Trinajstić information content (AvgIpc) is 3.11. The van der Waals surface area contributed by atoms with Gasteiger partial charge < -0.3 is 4.90 Å². The third kappa shape index (κ3) is 4.26. The number of amides is 1. The maximum Gasteiger partial charge on any atom is 0.223 e. The Labute approximate surface area is 161 Å². The van der Waals surface area contributed by atoms with Gasteiger partial charge in [0.25, 0.3) is 0 Å². The molecule has 6 nitrogen and oxygen atoms in total. The summed E-state index contributed by atoms with van der Waals surface area (Å²) in [6, 6.07) is 3.83. The second kappa shape index (κ2) is 8.46. The lowest BCUT2D eigenvalue weighted by molar-refractivity contribution is -0.136. The minimum atomic E-state index is -0.0270. The summed E-state index contributed by atoms with van der Waals surface area (Å²) in [5.41, 5.74) is 2.16. The molecule has 0 fully saturated rings. The smallest absolute Gasteiger partial charge is 0.223 e. The standard InChI is InChI=1S/C21H29N5O/c1-5-16(4)19-21-23-20(17-9-7-11-22-14-17)24-26(21)13-12-25(19)18(27)10-6-8-15(2)3/h7-9,11,14,16,19H,5-6,10,12-13H2,1-4H3/t16-,19-/m0/s1. The molecular weight excluding hydrogens is 338 g/mol. The van der Waals surface area contributed by atoms with Crippen LogP contribution in [-0.4, -0.2) is 37.1 Å². The normalized spacial score (nSPS) is 17.3. The molecule has 1 amide bonds.